The van der Waals surface area contributed by atoms with Crippen LogP contribution in [0, 0.1) is 0 Å². The maximum Gasteiger partial charge on any atom is 0.306 e. The number of nitrogens with zero attached hydrogens (tertiary/aromatic N) is 1. The Labute approximate surface area is 155 Å². The van der Waals surface area contributed by atoms with E-state index in [0.717, 1.165) is 10.0 Å². The molecule has 1 aromatic rings. The highest BCUT2D eigenvalue weighted by Gasteiger charge is 2.40. The van der Waals surface area contributed by atoms with Crippen molar-refractivity contribution < 1.29 is 19.1 Å². The van der Waals surface area contributed by atoms with Gasteiger partial charge in [0.15, 0.2) is 0 Å². The number of halogens is 1. The molecule has 0 fully saturated rings. The first-order valence-corrected chi connectivity index (χ1v) is 8.94. The highest BCUT2D eigenvalue weighted by molar-refractivity contribution is 9.10. The lowest BCUT2D eigenvalue weighted by molar-refractivity contribution is -0.155. The Morgan fingerprint density at radius 1 is 1.36 bits per heavy atom. The zero-order chi connectivity index (χ0) is 18.9. The molecule has 1 aliphatic rings. The summed E-state index contributed by atoms with van der Waals surface area (Å²) >= 11 is 3.39. The van der Waals surface area contributed by atoms with Crippen LogP contribution in [0.25, 0.3) is 0 Å². The van der Waals surface area contributed by atoms with Crippen molar-refractivity contribution in [2.75, 3.05) is 0 Å². The van der Waals surface area contributed by atoms with Gasteiger partial charge in [0.1, 0.15) is 11.6 Å². The van der Waals surface area contributed by atoms with Gasteiger partial charge in [0.25, 0.3) is 5.91 Å². The molecule has 0 aliphatic carbocycles. The van der Waals surface area contributed by atoms with Gasteiger partial charge in [-0.25, -0.2) is 0 Å². The maximum absolute atomic E-state index is 12.7. The number of hydrogen-bond acceptors (Lipinski definition) is 4. The summed E-state index contributed by atoms with van der Waals surface area (Å²) in [4.78, 5) is 38.1. The van der Waals surface area contributed by atoms with E-state index in [2.05, 4.69) is 15.9 Å². The van der Waals surface area contributed by atoms with Crippen LogP contribution in [0.1, 0.15) is 62.5 Å². The highest BCUT2D eigenvalue weighted by Crippen LogP contribution is 2.37. The number of ether oxygens (including phenoxy) is 1. The number of primary amides is 1. The largest absolute Gasteiger partial charge is 0.460 e. The quantitative estimate of drug-likeness (QED) is 0.755. The van der Waals surface area contributed by atoms with E-state index >= 15 is 0 Å². The molecule has 0 saturated carbocycles. The summed E-state index contributed by atoms with van der Waals surface area (Å²) < 4.78 is 6.12. The SMILES string of the molecule is C[C@H]1c2cc(Br)ccc2C(=O)N1[C@@H](CCC(=O)OC(C)(C)C)C(N)=O. The lowest BCUT2D eigenvalue weighted by Gasteiger charge is -2.30. The molecule has 1 aromatic carbocycles. The third kappa shape index (κ3) is 4.39. The molecule has 6 nitrogen and oxygen atoms in total. The fraction of sp³-hybridized carbons (Fsp3) is 0.500. The molecule has 2 N–H and O–H groups in total. The molecule has 2 amide bonds. The normalized spacial score (nSPS) is 18.0. The number of fused-ring (bicyclic) bond motifs is 1. The molecule has 1 heterocycles. The van der Waals surface area contributed by atoms with Gasteiger partial charge in [-0.15, -0.1) is 0 Å². The van der Waals surface area contributed by atoms with Crippen LogP contribution in [-0.2, 0) is 14.3 Å². The molecule has 0 aromatic heterocycles. The van der Waals surface area contributed by atoms with Crippen molar-refractivity contribution in [1.29, 1.82) is 0 Å². The summed E-state index contributed by atoms with van der Waals surface area (Å²) in [6.45, 7) is 7.17. The Bertz CT molecular complexity index is 712. The second-order valence-corrected chi connectivity index (χ2v) is 8.08. The molecule has 2 atom stereocenters. The first kappa shape index (κ1) is 19.4. The minimum absolute atomic E-state index is 0.0153. The van der Waals surface area contributed by atoms with Crippen LogP contribution in [0.15, 0.2) is 22.7 Å². The van der Waals surface area contributed by atoms with E-state index in [-0.39, 0.29) is 24.8 Å². The van der Waals surface area contributed by atoms with Crippen molar-refractivity contribution in [2.24, 2.45) is 5.73 Å². The van der Waals surface area contributed by atoms with Crippen LogP contribution in [0.4, 0.5) is 0 Å². The van der Waals surface area contributed by atoms with Crippen LogP contribution in [0.3, 0.4) is 0 Å². The Balaban J connectivity index is 2.17. The van der Waals surface area contributed by atoms with Gasteiger partial charge in [-0.3, -0.25) is 14.4 Å². The Kier molecular flexibility index (Phi) is 5.56. The van der Waals surface area contributed by atoms with Crippen LogP contribution < -0.4 is 5.73 Å². The lowest BCUT2D eigenvalue weighted by Crippen LogP contribution is -2.46. The predicted molar refractivity (Wildman–Crippen MR) is 96.8 cm³/mol. The molecule has 0 radical (unpaired) electrons. The zero-order valence-corrected chi connectivity index (χ0v) is 16.4. The summed E-state index contributed by atoms with van der Waals surface area (Å²) in [5.74, 6) is -1.29. The maximum atomic E-state index is 12.7. The molecule has 136 valence electrons. The zero-order valence-electron chi connectivity index (χ0n) is 14.8. The number of rotatable bonds is 5. The van der Waals surface area contributed by atoms with Gasteiger partial charge < -0.3 is 15.4 Å². The number of carbonyl (C=O) groups is 3. The number of hydrogen-bond donors (Lipinski definition) is 1. The summed E-state index contributed by atoms with van der Waals surface area (Å²) in [6, 6.07) is 4.22. The standard InChI is InChI=1S/C18H23BrN2O4/c1-10-13-9-11(19)5-6-12(13)17(24)21(10)14(16(20)23)7-8-15(22)25-18(2,3)4/h5-6,9-10,14H,7-8H2,1-4H3,(H2,20,23)/t10-,14-/m0/s1. The van der Waals surface area contributed by atoms with Crippen LogP contribution in [-0.4, -0.2) is 34.3 Å². The number of nitrogens with two attached hydrogens (primary N) is 1. The van der Waals surface area contributed by atoms with Gasteiger partial charge in [-0.1, -0.05) is 15.9 Å². The van der Waals surface area contributed by atoms with Crippen LogP contribution in [0.2, 0.25) is 0 Å². The second kappa shape index (κ2) is 7.15. The minimum Gasteiger partial charge on any atom is -0.460 e. The van der Waals surface area contributed by atoms with Crippen molar-refractivity contribution >= 4 is 33.7 Å². The summed E-state index contributed by atoms with van der Waals surface area (Å²) in [5.41, 5.74) is 6.32. The first-order chi connectivity index (χ1) is 11.5. The number of amides is 2. The molecule has 7 heteroatoms. The Hall–Kier alpha value is -1.89. The van der Waals surface area contributed by atoms with E-state index in [9.17, 15) is 14.4 Å². The summed E-state index contributed by atoms with van der Waals surface area (Å²) in [7, 11) is 0. The van der Waals surface area contributed by atoms with E-state index in [1.165, 1.54) is 4.90 Å². The Morgan fingerprint density at radius 3 is 2.56 bits per heavy atom. The molecule has 0 bridgehead atoms. The van der Waals surface area contributed by atoms with Crippen molar-refractivity contribution in [3.8, 4) is 0 Å². The fourth-order valence-corrected chi connectivity index (χ4v) is 3.39. The van der Waals surface area contributed by atoms with E-state index in [4.69, 9.17) is 10.5 Å². The lowest BCUT2D eigenvalue weighted by atomic mass is 10.0. The van der Waals surface area contributed by atoms with E-state index in [1.807, 2.05) is 13.0 Å². The smallest absolute Gasteiger partial charge is 0.306 e. The first-order valence-electron chi connectivity index (χ1n) is 8.14. The van der Waals surface area contributed by atoms with Crippen molar-refractivity contribution in [2.45, 2.75) is 58.2 Å². The molecule has 1 aliphatic heterocycles. The molecule has 2 rings (SSSR count). The summed E-state index contributed by atoms with van der Waals surface area (Å²) in [6.07, 6.45) is 0.150. The minimum atomic E-state index is -0.860. The van der Waals surface area contributed by atoms with Crippen LogP contribution in [0.5, 0.6) is 0 Å². The fourth-order valence-electron chi connectivity index (χ4n) is 3.02. The van der Waals surface area contributed by atoms with E-state index in [1.54, 1.807) is 32.9 Å². The predicted octanol–water partition coefficient (Wildman–Crippen LogP) is 2.94. The van der Waals surface area contributed by atoms with Crippen molar-refractivity contribution in [3.05, 3.63) is 33.8 Å². The molecular weight excluding hydrogens is 388 g/mol. The monoisotopic (exact) mass is 410 g/mol. The molecule has 0 saturated heterocycles. The summed E-state index contributed by atoms with van der Waals surface area (Å²) in [5, 5.41) is 0. The van der Waals surface area contributed by atoms with E-state index < -0.39 is 23.5 Å². The highest BCUT2D eigenvalue weighted by atomic mass is 79.9. The number of benzene rings is 1. The third-order valence-corrected chi connectivity index (χ3v) is 4.55. The van der Waals surface area contributed by atoms with Gasteiger partial charge in [0, 0.05) is 16.5 Å². The van der Waals surface area contributed by atoms with Crippen LogP contribution >= 0.6 is 15.9 Å². The van der Waals surface area contributed by atoms with Crippen molar-refractivity contribution in [1.82, 2.24) is 4.90 Å². The molecule has 0 unspecified atom stereocenters. The van der Waals surface area contributed by atoms with E-state index in [0.29, 0.717) is 5.56 Å². The van der Waals surface area contributed by atoms with Gasteiger partial charge in [-0.05, 0) is 57.9 Å². The Morgan fingerprint density at radius 2 is 2.00 bits per heavy atom. The number of carbonyl (C=O) groups excluding carboxylic acids is 3. The average molecular weight is 411 g/mol. The van der Waals surface area contributed by atoms with Gasteiger partial charge >= 0.3 is 5.97 Å². The average Bonchev–Trinajstić information content (AvgIpc) is 2.70. The van der Waals surface area contributed by atoms with Gasteiger partial charge in [-0.2, -0.15) is 0 Å². The molecule has 0 spiro atoms. The molecule has 25 heavy (non-hydrogen) atoms. The van der Waals surface area contributed by atoms with Crippen molar-refractivity contribution in [3.63, 3.8) is 0 Å². The van der Waals surface area contributed by atoms with Gasteiger partial charge in [0.05, 0.1) is 6.04 Å². The second-order valence-electron chi connectivity index (χ2n) is 7.16. The van der Waals surface area contributed by atoms with Gasteiger partial charge in [0.2, 0.25) is 5.91 Å². The third-order valence-electron chi connectivity index (χ3n) is 4.05. The topological polar surface area (TPSA) is 89.7 Å². The molecular formula is C18H23BrN2O4. The number of esters is 1.